The van der Waals surface area contributed by atoms with Gasteiger partial charge >= 0.3 is 5.97 Å². The first-order valence-corrected chi connectivity index (χ1v) is 18.6. The first-order valence-electron chi connectivity index (χ1n) is 18.6. The quantitative estimate of drug-likeness (QED) is 0.0910. The van der Waals surface area contributed by atoms with E-state index in [1.807, 2.05) is 36.4 Å². The van der Waals surface area contributed by atoms with E-state index in [1.54, 1.807) is 6.92 Å². The van der Waals surface area contributed by atoms with Crippen LogP contribution in [0.2, 0.25) is 0 Å². The minimum atomic E-state index is -0.840. The summed E-state index contributed by atoms with van der Waals surface area (Å²) in [4.78, 5) is 26.1. The smallest absolute Gasteiger partial charge is 0.303 e. The molecule has 1 aliphatic rings. The Morgan fingerprint density at radius 3 is 1.92 bits per heavy atom. The van der Waals surface area contributed by atoms with Gasteiger partial charge in [0.05, 0.1) is 18.8 Å². The van der Waals surface area contributed by atoms with E-state index in [9.17, 15) is 14.7 Å². The van der Waals surface area contributed by atoms with Crippen molar-refractivity contribution in [2.45, 2.75) is 149 Å². The molecule has 0 aliphatic carbocycles. The standard InChI is InChI=1S/C40H62N2O6/c1-5-7-9-11-13-15-25-42(26-16-14-12-10-8-6-2)29-37-27-38(35-21-19-34(30-43)20-22-35)48-40(47-37)36-23-17-33(18-24-36)28-41-39(45)31(3)46-32(4)44/h17-24,31,37-38,40,43H,5-16,25-30H2,1-4H3,(H,41,45)/t31-,37+,38-,40-/m0/s1. The summed E-state index contributed by atoms with van der Waals surface area (Å²) < 4.78 is 18.3. The number of amides is 1. The molecule has 3 rings (SSSR count). The number of carbonyl (C=O) groups is 2. The third kappa shape index (κ3) is 14.8. The molecular formula is C40H62N2O6. The predicted octanol–water partition coefficient (Wildman–Crippen LogP) is 8.32. The van der Waals surface area contributed by atoms with Crippen LogP contribution in [0.3, 0.4) is 0 Å². The molecule has 1 amide bonds. The van der Waals surface area contributed by atoms with Gasteiger partial charge in [-0.25, -0.2) is 0 Å². The molecule has 0 aromatic heterocycles. The Kier molecular flexibility index (Phi) is 18.8. The van der Waals surface area contributed by atoms with Gasteiger partial charge in [0, 0.05) is 32.0 Å². The van der Waals surface area contributed by atoms with Gasteiger partial charge in [0.2, 0.25) is 0 Å². The Hall–Kier alpha value is -2.78. The molecule has 1 fully saturated rings. The maximum absolute atomic E-state index is 12.3. The van der Waals surface area contributed by atoms with Crippen molar-refractivity contribution in [2.24, 2.45) is 0 Å². The Balaban J connectivity index is 1.69. The van der Waals surface area contributed by atoms with Crippen LogP contribution in [-0.2, 0) is 37.0 Å². The molecule has 2 aromatic carbocycles. The van der Waals surface area contributed by atoms with Crippen LogP contribution in [0.4, 0.5) is 0 Å². The Morgan fingerprint density at radius 2 is 1.35 bits per heavy atom. The highest BCUT2D eigenvalue weighted by Gasteiger charge is 2.33. The van der Waals surface area contributed by atoms with E-state index in [2.05, 4.69) is 36.2 Å². The molecular weight excluding hydrogens is 604 g/mol. The van der Waals surface area contributed by atoms with E-state index >= 15 is 0 Å². The molecule has 1 aliphatic heterocycles. The summed E-state index contributed by atoms with van der Waals surface area (Å²) in [7, 11) is 0. The van der Waals surface area contributed by atoms with Crippen molar-refractivity contribution < 1.29 is 28.9 Å². The van der Waals surface area contributed by atoms with E-state index in [4.69, 9.17) is 14.2 Å². The SMILES string of the molecule is CCCCCCCCN(CCCCCCCC)C[C@H]1C[C@@H](c2ccc(CO)cc2)O[C@@H](c2ccc(CNC(=O)[C@H](C)OC(C)=O)cc2)O1. The van der Waals surface area contributed by atoms with E-state index in [0.29, 0.717) is 6.54 Å². The fourth-order valence-corrected chi connectivity index (χ4v) is 6.27. The molecule has 0 saturated carbocycles. The molecule has 268 valence electrons. The number of benzene rings is 2. The van der Waals surface area contributed by atoms with Crippen LogP contribution in [-0.4, -0.2) is 53.7 Å². The lowest BCUT2D eigenvalue weighted by Gasteiger charge is -2.38. The van der Waals surface area contributed by atoms with Crippen molar-refractivity contribution in [1.82, 2.24) is 10.2 Å². The number of aliphatic hydroxyl groups is 1. The van der Waals surface area contributed by atoms with Crippen molar-refractivity contribution >= 4 is 11.9 Å². The number of esters is 1. The van der Waals surface area contributed by atoms with Gasteiger partial charge in [-0.3, -0.25) is 9.59 Å². The zero-order chi connectivity index (χ0) is 34.6. The van der Waals surface area contributed by atoms with Gasteiger partial charge in [0.1, 0.15) is 0 Å². The van der Waals surface area contributed by atoms with Crippen molar-refractivity contribution in [3.63, 3.8) is 0 Å². The highest BCUT2D eigenvalue weighted by atomic mass is 16.7. The van der Waals surface area contributed by atoms with Crippen LogP contribution in [0.25, 0.3) is 0 Å². The summed E-state index contributed by atoms with van der Waals surface area (Å²) in [5.74, 6) is -0.819. The van der Waals surface area contributed by atoms with Gasteiger partial charge in [-0.15, -0.1) is 0 Å². The number of hydrogen-bond acceptors (Lipinski definition) is 7. The lowest BCUT2D eigenvalue weighted by molar-refractivity contribution is -0.253. The van der Waals surface area contributed by atoms with E-state index in [-0.39, 0.29) is 24.7 Å². The number of carbonyl (C=O) groups excluding carboxylic acids is 2. The highest BCUT2D eigenvalue weighted by Crippen LogP contribution is 2.38. The first kappa shape index (κ1) is 39.7. The molecule has 1 saturated heterocycles. The molecule has 0 spiro atoms. The molecule has 4 atom stereocenters. The van der Waals surface area contributed by atoms with Crippen molar-refractivity contribution in [3.05, 3.63) is 70.8 Å². The zero-order valence-corrected chi connectivity index (χ0v) is 30.1. The summed E-state index contributed by atoms with van der Waals surface area (Å²) in [6.07, 6.45) is 14.7. The number of hydrogen-bond donors (Lipinski definition) is 2. The number of unbranched alkanes of at least 4 members (excludes halogenated alkanes) is 10. The fourth-order valence-electron chi connectivity index (χ4n) is 6.27. The maximum Gasteiger partial charge on any atom is 0.303 e. The van der Waals surface area contributed by atoms with Crippen molar-refractivity contribution in [2.75, 3.05) is 19.6 Å². The summed E-state index contributed by atoms with van der Waals surface area (Å²) in [6.45, 7) is 10.8. The fraction of sp³-hybridized carbons (Fsp3) is 0.650. The van der Waals surface area contributed by atoms with Gasteiger partial charge < -0.3 is 29.5 Å². The third-order valence-corrected chi connectivity index (χ3v) is 9.16. The monoisotopic (exact) mass is 666 g/mol. The number of aliphatic hydroxyl groups excluding tert-OH is 1. The second kappa shape index (κ2) is 22.8. The number of ether oxygens (including phenoxy) is 3. The van der Waals surface area contributed by atoms with Crippen LogP contribution in [0.15, 0.2) is 48.5 Å². The van der Waals surface area contributed by atoms with E-state index < -0.39 is 18.4 Å². The summed E-state index contributed by atoms with van der Waals surface area (Å²) >= 11 is 0. The lowest BCUT2D eigenvalue weighted by atomic mass is 9.99. The number of rotatable bonds is 23. The van der Waals surface area contributed by atoms with Crippen LogP contribution in [0.5, 0.6) is 0 Å². The molecule has 1 heterocycles. The van der Waals surface area contributed by atoms with Crippen LogP contribution in [0, 0.1) is 0 Å². The highest BCUT2D eigenvalue weighted by molar-refractivity contribution is 5.82. The molecule has 0 bridgehead atoms. The van der Waals surface area contributed by atoms with Crippen molar-refractivity contribution in [3.8, 4) is 0 Å². The molecule has 48 heavy (non-hydrogen) atoms. The zero-order valence-electron chi connectivity index (χ0n) is 30.1. The number of nitrogens with one attached hydrogen (secondary N) is 1. The summed E-state index contributed by atoms with van der Waals surface area (Å²) in [5.41, 5.74) is 3.83. The van der Waals surface area contributed by atoms with Crippen LogP contribution in [0.1, 0.15) is 146 Å². The lowest BCUT2D eigenvalue weighted by Crippen LogP contribution is -2.40. The predicted molar refractivity (Wildman–Crippen MR) is 191 cm³/mol. The first-order chi connectivity index (χ1) is 23.3. The minimum Gasteiger partial charge on any atom is -0.453 e. The summed E-state index contributed by atoms with van der Waals surface area (Å²) in [6, 6.07) is 16.0. The van der Waals surface area contributed by atoms with Gasteiger partial charge in [-0.05, 0) is 49.5 Å². The van der Waals surface area contributed by atoms with E-state index in [0.717, 1.165) is 48.3 Å². The Labute approximate surface area is 289 Å². The van der Waals surface area contributed by atoms with Crippen LogP contribution >= 0.6 is 0 Å². The molecule has 8 nitrogen and oxygen atoms in total. The maximum atomic E-state index is 12.3. The van der Waals surface area contributed by atoms with Crippen molar-refractivity contribution in [1.29, 1.82) is 0 Å². The summed E-state index contributed by atoms with van der Waals surface area (Å²) in [5, 5.41) is 12.4. The van der Waals surface area contributed by atoms with Gasteiger partial charge in [0.15, 0.2) is 12.4 Å². The minimum absolute atomic E-state index is 0.00757. The second-order valence-electron chi connectivity index (χ2n) is 13.4. The molecule has 0 unspecified atom stereocenters. The third-order valence-electron chi connectivity index (χ3n) is 9.16. The normalized spacial score (nSPS) is 18.5. The molecule has 0 radical (unpaired) electrons. The topological polar surface area (TPSA) is 97.3 Å². The van der Waals surface area contributed by atoms with Gasteiger partial charge in [0.25, 0.3) is 5.91 Å². The Bertz CT molecular complexity index is 1160. The average Bonchev–Trinajstić information content (AvgIpc) is 3.09. The van der Waals surface area contributed by atoms with Gasteiger partial charge in [-0.1, -0.05) is 127 Å². The number of nitrogens with zero attached hydrogens (tertiary/aromatic N) is 1. The van der Waals surface area contributed by atoms with Gasteiger partial charge in [-0.2, -0.15) is 0 Å². The average molecular weight is 667 g/mol. The van der Waals surface area contributed by atoms with E-state index in [1.165, 1.54) is 84.0 Å². The van der Waals surface area contributed by atoms with Crippen LogP contribution < -0.4 is 5.32 Å². The second-order valence-corrected chi connectivity index (χ2v) is 13.4. The largest absolute Gasteiger partial charge is 0.453 e. The molecule has 8 heteroatoms. The molecule has 2 N–H and O–H groups in total. The Morgan fingerprint density at radius 1 is 0.812 bits per heavy atom. The molecule has 2 aromatic rings.